The first kappa shape index (κ1) is 14.0. The van der Waals surface area contributed by atoms with E-state index in [0.29, 0.717) is 18.0 Å². The summed E-state index contributed by atoms with van der Waals surface area (Å²) in [4.78, 5) is 28.8. The van der Waals surface area contributed by atoms with Crippen molar-refractivity contribution in [1.82, 2.24) is 9.88 Å². The number of carbonyl (C=O) groups excluding carboxylic acids is 1. The Morgan fingerprint density at radius 2 is 2.21 bits per heavy atom. The predicted molar refractivity (Wildman–Crippen MR) is 69.2 cm³/mol. The van der Waals surface area contributed by atoms with Crippen LogP contribution in [0.25, 0.3) is 0 Å². The van der Waals surface area contributed by atoms with Crippen LogP contribution < -0.4 is 0 Å². The van der Waals surface area contributed by atoms with Gasteiger partial charge in [0.15, 0.2) is 0 Å². The number of ether oxygens (including phenoxy) is 1. The number of hydrogen-bond acceptors (Lipinski definition) is 5. The molecule has 0 radical (unpaired) electrons. The highest BCUT2D eigenvalue weighted by molar-refractivity contribution is 7.11. The van der Waals surface area contributed by atoms with Gasteiger partial charge in [0.1, 0.15) is 4.88 Å². The topological polar surface area (TPSA) is 79.7 Å². The average molecular weight is 284 g/mol. The average Bonchev–Trinajstić information content (AvgIpc) is 2.92. The van der Waals surface area contributed by atoms with Crippen LogP contribution in [0, 0.1) is 0 Å². The Labute approximate surface area is 115 Å². The van der Waals surface area contributed by atoms with Crippen LogP contribution in [0.4, 0.5) is 0 Å². The van der Waals surface area contributed by atoms with Gasteiger partial charge < -0.3 is 14.7 Å². The van der Waals surface area contributed by atoms with Gasteiger partial charge in [-0.2, -0.15) is 0 Å². The molecule has 1 aromatic rings. The van der Waals surface area contributed by atoms with E-state index in [9.17, 15) is 9.59 Å². The first-order valence-corrected chi connectivity index (χ1v) is 7.06. The van der Waals surface area contributed by atoms with E-state index in [2.05, 4.69) is 4.98 Å². The maximum atomic E-state index is 12.0. The number of carboxylic acids is 1. The number of carbonyl (C=O) groups is 2. The van der Waals surface area contributed by atoms with E-state index < -0.39 is 5.97 Å². The highest BCUT2D eigenvalue weighted by Crippen LogP contribution is 2.17. The number of amides is 1. The number of nitrogens with zero attached hydrogens (tertiary/aromatic N) is 2. The van der Waals surface area contributed by atoms with Crippen molar-refractivity contribution in [1.29, 1.82) is 0 Å². The molecule has 0 bridgehead atoms. The van der Waals surface area contributed by atoms with Gasteiger partial charge in [-0.3, -0.25) is 14.6 Å². The Hall–Kier alpha value is -1.47. The molecule has 1 saturated heterocycles. The maximum Gasteiger partial charge on any atom is 0.305 e. The summed E-state index contributed by atoms with van der Waals surface area (Å²) in [6.07, 6.45) is 3.18. The molecule has 1 N–H and O–H groups in total. The summed E-state index contributed by atoms with van der Waals surface area (Å²) in [5.74, 6) is -0.829. The van der Waals surface area contributed by atoms with Gasteiger partial charge in [0, 0.05) is 13.1 Å². The van der Waals surface area contributed by atoms with E-state index in [1.807, 2.05) is 0 Å². The Bertz CT molecular complexity index is 427. The molecule has 104 valence electrons. The standard InChI is InChI=1S/C12H16N2O4S/c15-11(16)3-6-18-9-1-4-14(5-2-9)12(17)10-7-13-8-19-10/h7-9H,1-6H2,(H,15,16). The number of rotatable bonds is 5. The van der Waals surface area contributed by atoms with E-state index in [4.69, 9.17) is 9.84 Å². The van der Waals surface area contributed by atoms with E-state index >= 15 is 0 Å². The quantitative estimate of drug-likeness (QED) is 0.880. The molecular weight excluding hydrogens is 268 g/mol. The van der Waals surface area contributed by atoms with Crippen LogP contribution in [-0.2, 0) is 9.53 Å². The van der Waals surface area contributed by atoms with Crippen molar-refractivity contribution in [2.75, 3.05) is 19.7 Å². The molecule has 1 aliphatic heterocycles. The number of aliphatic carboxylic acids is 1. The Balaban J connectivity index is 1.73. The molecule has 6 nitrogen and oxygen atoms in total. The lowest BCUT2D eigenvalue weighted by Gasteiger charge is -2.31. The molecule has 0 spiro atoms. The van der Waals surface area contributed by atoms with E-state index in [1.54, 1.807) is 16.6 Å². The molecule has 0 atom stereocenters. The summed E-state index contributed by atoms with van der Waals surface area (Å²) >= 11 is 1.34. The van der Waals surface area contributed by atoms with Crippen molar-refractivity contribution >= 4 is 23.2 Å². The van der Waals surface area contributed by atoms with Crippen LogP contribution in [0.3, 0.4) is 0 Å². The molecule has 1 amide bonds. The van der Waals surface area contributed by atoms with Crippen molar-refractivity contribution in [3.8, 4) is 0 Å². The summed E-state index contributed by atoms with van der Waals surface area (Å²) in [7, 11) is 0. The summed E-state index contributed by atoms with van der Waals surface area (Å²) in [6.45, 7) is 1.53. The molecule has 7 heteroatoms. The van der Waals surface area contributed by atoms with Gasteiger partial charge >= 0.3 is 5.97 Å². The highest BCUT2D eigenvalue weighted by Gasteiger charge is 2.24. The molecule has 0 saturated carbocycles. The van der Waals surface area contributed by atoms with Crippen molar-refractivity contribution in [3.63, 3.8) is 0 Å². The first-order chi connectivity index (χ1) is 9.16. The van der Waals surface area contributed by atoms with Crippen molar-refractivity contribution in [3.05, 3.63) is 16.6 Å². The van der Waals surface area contributed by atoms with Gasteiger partial charge in [-0.1, -0.05) is 0 Å². The fraction of sp³-hybridized carbons (Fsp3) is 0.583. The first-order valence-electron chi connectivity index (χ1n) is 6.18. The third-order valence-electron chi connectivity index (χ3n) is 3.04. The minimum absolute atomic E-state index is 0.0199. The number of carboxylic acid groups (broad SMARTS) is 1. The molecular formula is C12H16N2O4S. The molecule has 1 aromatic heterocycles. The number of thiazole rings is 1. The third-order valence-corrected chi connectivity index (χ3v) is 3.80. The minimum atomic E-state index is -0.849. The summed E-state index contributed by atoms with van der Waals surface area (Å²) in [5, 5.41) is 8.53. The van der Waals surface area contributed by atoms with Crippen molar-refractivity contribution in [2.24, 2.45) is 0 Å². The smallest absolute Gasteiger partial charge is 0.305 e. The zero-order valence-corrected chi connectivity index (χ0v) is 11.3. The van der Waals surface area contributed by atoms with Crippen LogP contribution in [0.2, 0.25) is 0 Å². The Morgan fingerprint density at radius 1 is 1.47 bits per heavy atom. The second-order valence-electron chi connectivity index (χ2n) is 4.37. The van der Waals surface area contributed by atoms with Crippen LogP contribution in [0.5, 0.6) is 0 Å². The van der Waals surface area contributed by atoms with Crippen molar-refractivity contribution in [2.45, 2.75) is 25.4 Å². The molecule has 1 fully saturated rings. The van der Waals surface area contributed by atoms with Gasteiger partial charge in [-0.25, -0.2) is 0 Å². The lowest BCUT2D eigenvalue weighted by Crippen LogP contribution is -2.40. The second kappa shape index (κ2) is 6.63. The van der Waals surface area contributed by atoms with Crippen molar-refractivity contribution < 1.29 is 19.4 Å². The largest absolute Gasteiger partial charge is 0.481 e. The molecule has 1 aliphatic rings. The number of piperidine rings is 1. The zero-order chi connectivity index (χ0) is 13.7. The highest BCUT2D eigenvalue weighted by atomic mass is 32.1. The lowest BCUT2D eigenvalue weighted by molar-refractivity contribution is -0.138. The van der Waals surface area contributed by atoms with Gasteiger partial charge in [0.05, 0.1) is 30.8 Å². The van der Waals surface area contributed by atoms with Gasteiger partial charge in [-0.05, 0) is 12.8 Å². The SMILES string of the molecule is O=C(O)CCOC1CCN(C(=O)c2cncs2)CC1. The second-order valence-corrected chi connectivity index (χ2v) is 5.26. The van der Waals surface area contributed by atoms with Crippen LogP contribution in [-0.4, -0.2) is 52.7 Å². The third kappa shape index (κ3) is 4.00. The zero-order valence-electron chi connectivity index (χ0n) is 10.4. The molecule has 0 aromatic carbocycles. The number of hydrogen-bond donors (Lipinski definition) is 1. The monoisotopic (exact) mass is 284 g/mol. The van der Waals surface area contributed by atoms with E-state index in [1.165, 1.54) is 11.3 Å². The van der Waals surface area contributed by atoms with E-state index in [-0.39, 0.29) is 25.0 Å². The van der Waals surface area contributed by atoms with Crippen LogP contribution >= 0.6 is 11.3 Å². The summed E-state index contributed by atoms with van der Waals surface area (Å²) in [5.41, 5.74) is 1.65. The van der Waals surface area contributed by atoms with E-state index in [0.717, 1.165) is 12.8 Å². The minimum Gasteiger partial charge on any atom is -0.481 e. The summed E-state index contributed by atoms with van der Waals surface area (Å²) < 4.78 is 5.48. The molecule has 0 aliphatic carbocycles. The van der Waals surface area contributed by atoms with Gasteiger partial charge in [0.2, 0.25) is 0 Å². The summed E-state index contributed by atoms with van der Waals surface area (Å²) in [6, 6.07) is 0. The van der Waals surface area contributed by atoms with Crippen LogP contribution in [0.15, 0.2) is 11.7 Å². The fourth-order valence-corrected chi connectivity index (χ4v) is 2.60. The fourth-order valence-electron chi connectivity index (χ4n) is 2.02. The molecule has 2 rings (SSSR count). The lowest BCUT2D eigenvalue weighted by atomic mass is 10.1. The Kier molecular flexibility index (Phi) is 4.86. The van der Waals surface area contributed by atoms with Crippen LogP contribution in [0.1, 0.15) is 28.9 Å². The van der Waals surface area contributed by atoms with Gasteiger partial charge in [-0.15, -0.1) is 11.3 Å². The normalized spacial score (nSPS) is 16.5. The molecule has 2 heterocycles. The predicted octanol–water partition coefficient (Wildman–Crippen LogP) is 1.24. The maximum absolute atomic E-state index is 12.0. The Morgan fingerprint density at radius 3 is 2.79 bits per heavy atom. The molecule has 19 heavy (non-hydrogen) atoms. The number of likely N-dealkylation sites (tertiary alicyclic amines) is 1. The number of aromatic nitrogens is 1. The molecule has 0 unspecified atom stereocenters. The van der Waals surface area contributed by atoms with Gasteiger partial charge in [0.25, 0.3) is 5.91 Å².